The van der Waals surface area contributed by atoms with Gasteiger partial charge in [-0.05, 0) is 19.8 Å². The zero-order chi connectivity index (χ0) is 9.19. The third kappa shape index (κ3) is 1.97. The third-order valence-corrected chi connectivity index (χ3v) is 6.74. The maximum Gasteiger partial charge on any atom is 0.344 e. The Morgan fingerprint density at radius 3 is 2.17 bits per heavy atom. The van der Waals surface area contributed by atoms with Gasteiger partial charge in [-0.2, -0.15) is 0 Å². The summed E-state index contributed by atoms with van der Waals surface area (Å²) < 4.78 is 11.2. The van der Waals surface area contributed by atoms with Crippen LogP contribution in [0.3, 0.4) is 0 Å². The van der Waals surface area contributed by atoms with Crippen LogP contribution in [0, 0.1) is 0 Å². The number of allylic oxidation sites excluding steroid dienone is 1. The van der Waals surface area contributed by atoms with Crippen LogP contribution in [0.4, 0.5) is 0 Å². The average Bonchev–Trinajstić information content (AvgIpc) is 2.82. The molecule has 0 aromatic heterocycles. The van der Waals surface area contributed by atoms with Gasteiger partial charge >= 0.3 is 8.56 Å². The van der Waals surface area contributed by atoms with Crippen LogP contribution in [0.2, 0.25) is 11.6 Å². The molecule has 1 fully saturated rings. The van der Waals surface area contributed by atoms with Gasteiger partial charge in [0.1, 0.15) is 0 Å². The van der Waals surface area contributed by atoms with E-state index >= 15 is 0 Å². The summed E-state index contributed by atoms with van der Waals surface area (Å²) in [6.45, 7) is 5.96. The standard InChI is InChI=1S/C9H18O2Si/c1-8(2)7-12(10-3,11-4)9-5-6-9/h9H,1,5-7H2,2-4H3. The van der Waals surface area contributed by atoms with Crippen LogP contribution < -0.4 is 0 Å². The highest BCUT2D eigenvalue weighted by Gasteiger charge is 2.50. The van der Waals surface area contributed by atoms with E-state index in [1.165, 1.54) is 18.4 Å². The summed E-state index contributed by atoms with van der Waals surface area (Å²) >= 11 is 0. The Labute approximate surface area is 75.8 Å². The highest BCUT2D eigenvalue weighted by molar-refractivity contribution is 6.70. The van der Waals surface area contributed by atoms with Crippen LogP contribution in [0.25, 0.3) is 0 Å². The molecule has 3 heteroatoms. The second kappa shape index (κ2) is 3.73. The molecular formula is C9H18O2Si. The topological polar surface area (TPSA) is 18.5 Å². The Kier molecular flexibility index (Phi) is 3.09. The fourth-order valence-electron chi connectivity index (χ4n) is 1.65. The molecule has 1 aliphatic carbocycles. The first-order valence-electron chi connectivity index (χ1n) is 4.39. The van der Waals surface area contributed by atoms with E-state index in [4.69, 9.17) is 8.85 Å². The van der Waals surface area contributed by atoms with Gasteiger partial charge in [-0.25, -0.2) is 0 Å². The lowest BCUT2D eigenvalue weighted by Gasteiger charge is -2.27. The molecule has 1 rings (SSSR count). The minimum absolute atomic E-state index is 0.712. The molecule has 0 aromatic rings. The van der Waals surface area contributed by atoms with Crippen molar-refractivity contribution in [2.75, 3.05) is 14.2 Å². The Balaban J connectivity index is 2.61. The largest absolute Gasteiger partial charge is 0.397 e. The molecule has 0 saturated heterocycles. The van der Waals surface area contributed by atoms with Crippen molar-refractivity contribution in [2.24, 2.45) is 0 Å². The maximum absolute atomic E-state index is 5.58. The smallest absolute Gasteiger partial charge is 0.344 e. The van der Waals surface area contributed by atoms with E-state index in [1.54, 1.807) is 14.2 Å². The van der Waals surface area contributed by atoms with Gasteiger partial charge in [0.05, 0.1) is 0 Å². The van der Waals surface area contributed by atoms with E-state index in [9.17, 15) is 0 Å². The highest BCUT2D eigenvalue weighted by atomic mass is 28.4. The average molecular weight is 186 g/mol. The van der Waals surface area contributed by atoms with Gasteiger partial charge in [0.2, 0.25) is 0 Å². The van der Waals surface area contributed by atoms with E-state index in [1.807, 2.05) is 6.92 Å². The molecule has 0 amide bonds. The molecule has 70 valence electrons. The first-order chi connectivity index (χ1) is 5.64. The Morgan fingerprint density at radius 1 is 1.42 bits per heavy atom. The fourth-order valence-corrected chi connectivity index (χ4v) is 4.95. The monoisotopic (exact) mass is 186 g/mol. The Hall–Kier alpha value is -0.123. The van der Waals surface area contributed by atoms with Crippen LogP contribution >= 0.6 is 0 Å². The van der Waals surface area contributed by atoms with E-state index in [-0.39, 0.29) is 0 Å². The van der Waals surface area contributed by atoms with Crippen molar-refractivity contribution in [3.63, 3.8) is 0 Å². The van der Waals surface area contributed by atoms with Gasteiger partial charge in [0.15, 0.2) is 0 Å². The molecule has 0 aliphatic heterocycles. The Morgan fingerprint density at radius 2 is 1.92 bits per heavy atom. The van der Waals surface area contributed by atoms with Gasteiger partial charge < -0.3 is 8.85 Å². The van der Waals surface area contributed by atoms with Crippen molar-refractivity contribution in [2.45, 2.75) is 31.4 Å². The normalized spacial score (nSPS) is 17.9. The minimum atomic E-state index is -1.87. The lowest BCUT2D eigenvalue weighted by molar-refractivity contribution is 0.242. The van der Waals surface area contributed by atoms with Crippen molar-refractivity contribution in [1.29, 1.82) is 0 Å². The summed E-state index contributed by atoms with van der Waals surface area (Å²) in [5.41, 5.74) is 1.89. The molecule has 0 N–H and O–H groups in total. The summed E-state index contributed by atoms with van der Waals surface area (Å²) in [4.78, 5) is 0. The second-order valence-electron chi connectivity index (χ2n) is 3.63. The number of rotatable bonds is 5. The molecular weight excluding hydrogens is 168 g/mol. The highest BCUT2D eigenvalue weighted by Crippen LogP contribution is 2.48. The maximum atomic E-state index is 5.58. The second-order valence-corrected chi connectivity index (χ2v) is 7.24. The summed E-state index contributed by atoms with van der Waals surface area (Å²) in [6.07, 6.45) is 2.56. The van der Waals surface area contributed by atoms with Crippen molar-refractivity contribution in [1.82, 2.24) is 0 Å². The summed E-state index contributed by atoms with van der Waals surface area (Å²) in [7, 11) is 1.68. The van der Waals surface area contributed by atoms with Crippen molar-refractivity contribution in [3.8, 4) is 0 Å². The molecule has 0 radical (unpaired) electrons. The summed E-state index contributed by atoms with van der Waals surface area (Å²) in [6, 6.07) is 0.949. The van der Waals surface area contributed by atoms with Gasteiger partial charge in [-0.3, -0.25) is 0 Å². The van der Waals surface area contributed by atoms with Crippen molar-refractivity contribution < 1.29 is 8.85 Å². The lowest BCUT2D eigenvalue weighted by Crippen LogP contribution is -2.40. The van der Waals surface area contributed by atoms with Gasteiger partial charge in [0.25, 0.3) is 0 Å². The molecule has 0 heterocycles. The minimum Gasteiger partial charge on any atom is -0.397 e. The SMILES string of the molecule is C=C(C)C[Si](OC)(OC)C1CC1. The van der Waals surface area contributed by atoms with Crippen LogP contribution in [-0.4, -0.2) is 22.8 Å². The molecule has 0 spiro atoms. The predicted octanol–water partition coefficient (Wildman–Crippen LogP) is 2.46. The van der Waals surface area contributed by atoms with E-state index in [2.05, 4.69) is 6.58 Å². The fraction of sp³-hybridized carbons (Fsp3) is 0.778. The molecule has 0 unspecified atom stereocenters. The first kappa shape index (κ1) is 9.96. The first-order valence-corrected chi connectivity index (χ1v) is 6.49. The van der Waals surface area contributed by atoms with Gasteiger partial charge in [0, 0.05) is 25.8 Å². The van der Waals surface area contributed by atoms with Crippen LogP contribution in [0.5, 0.6) is 0 Å². The molecule has 0 bridgehead atoms. The molecule has 0 aromatic carbocycles. The third-order valence-electron chi connectivity index (χ3n) is 2.44. The molecule has 1 saturated carbocycles. The molecule has 0 atom stereocenters. The van der Waals surface area contributed by atoms with Crippen molar-refractivity contribution >= 4 is 8.56 Å². The van der Waals surface area contributed by atoms with Crippen LogP contribution in [0.1, 0.15) is 19.8 Å². The van der Waals surface area contributed by atoms with Crippen LogP contribution in [0.15, 0.2) is 12.2 Å². The zero-order valence-corrected chi connectivity index (χ0v) is 9.22. The van der Waals surface area contributed by atoms with Crippen molar-refractivity contribution in [3.05, 3.63) is 12.2 Å². The van der Waals surface area contributed by atoms with Gasteiger partial charge in [-0.15, -0.1) is 6.58 Å². The molecule has 1 aliphatic rings. The lowest BCUT2D eigenvalue weighted by atomic mass is 10.4. The summed E-state index contributed by atoms with van der Waals surface area (Å²) in [5, 5.41) is 0. The zero-order valence-electron chi connectivity index (χ0n) is 8.22. The molecule has 2 nitrogen and oxygen atoms in total. The van der Waals surface area contributed by atoms with Gasteiger partial charge in [-0.1, -0.05) is 5.57 Å². The molecule has 12 heavy (non-hydrogen) atoms. The summed E-state index contributed by atoms with van der Waals surface area (Å²) in [5.74, 6) is 0. The van der Waals surface area contributed by atoms with E-state index in [0.29, 0.717) is 5.54 Å². The van der Waals surface area contributed by atoms with Crippen LogP contribution in [-0.2, 0) is 8.85 Å². The number of hydrogen-bond donors (Lipinski definition) is 0. The quantitative estimate of drug-likeness (QED) is 0.485. The van der Waals surface area contributed by atoms with E-state index < -0.39 is 8.56 Å². The Bertz CT molecular complexity index is 171. The van der Waals surface area contributed by atoms with E-state index in [0.717, 1.165) is 6.04 Å². The number of hydrogen-bond acceptors (Lipinski definition) is 2. The predicted molar refractivity (Wildman–Crippen MR) is 52.4 cm³/mol.